The van der Waals surface area contributed by atoms with E-state index in [9.17, 15) is 10.1 Å². The summed E-state index contributed by atoms with van der Waals surface area (Å²) in [6.07, 6.45) is 2.11. The van der Waals surface area contributed by atoms with Gasteiger partial charge < -0.3 is 15.4 Å². The molecule has 0 aliphatic carbocycles. The highest BCUT2D eigenvalue weighted by Crippen LogP contribution is 2.35. The summed E-state index contributed by atoms with van der Waals surface area (Å²) in [6, 6.07) is 5.10. The summed E-state index contributed by atoms with van der Waals surface area (Å²) in [6.45, 7) is 2.29. The lowest BCUT2D eigenvalue weighted by atomic mass is 9.98. The van der Waals surface area contributed by atoms with Crippen molar-refractivity contribution in [3.63, 3.8) is 0 Å². The number of rotatable bonds is 4. The van der Waals surface area contributed by atoms with Crippen LogP contribution < -0.4 is 10.6 Å². The molecule has 0 radical (unpaired) electrons. The zero-order valence-electron chi connectivity index (χ0n) is 11.0. The van der Waals surface area contributed by atoms with Crippen molar-refractivity contribution in [2.24, 2.45) is 5.92 Å². The number of nitrogen functional groups attached to an aromatic ring is 1. The molecule has 1 fully saturated rings. The highest BCUT2D eigenvalue weighted by Gasteiger charge is 2.26. The van der Waals surface area contributed by atoms with E-state index in [1.165, 1.54) is 0 Å². The first-order valence-corrected chi connectivity index (χ1v) is 6.40. The zero-order chi connectivity index (χ0) is 13.8. The van der Waals surface area contributed by atoms with Gasteiger partial charge in [0.2, 0.25) is 0 Å². The zero-order valence-corrected chi connectivity index (χ0v) is 11.0. The number of methoxy groups -OCH3 is 1. The maximum absolute atomic E-state index is 11.2. The van der Waals surface area contributed by atoms with Gasteiger partial charge in [0.05, 0.1) is 11.5 Å². The molecule has 104 valence electrons. The van der Waals surface area contributed by atoms with Crippen LogP contribution in [0.4, 0.5) is 17.1 Å². The van der Waals surface area contributed by atoms with E-state index >= 15 is 0 Å². The van der Waals surface area contributed by atoms with Crippen LogP contribution in [-0.4, -0.2) is 31.7 Å². The van der Waals surface area contributed by atoms with E-state index < -0.39 is 4.92 Å². The molecule has 0 amide bonds. The summed E-state index contributed by atoms with van der Waals surface area (Å²) in [5, 5.41) is 11.2. The van der Waals surface area contributed by atoms with Crippen LogP contribution in [0.15, 0.2) is 18.2 Å². The highest BCUT2D eigenvalue weighted by atomic mass is 16.6. The number of piperidine rings is 1. The first kappa shape index (κ1) is 13.6. The minimum Gasteiger partial charge on any atom is -0.393 e. The van der Waals surface area contributed by atoms with Crippen molar-refractivity contribution in [1.29, 1.82) is 0 Å². The topological polar surface area (TPSA) is 81.6 Å². The van der Waals surface area contributed by atoms with E-state index in [1.54, 1.807) is 25.3 Å². The third-order valence-corrected chi connectivity index (χ3v) is 3.49. The summed E-state index contributed by atoms with van der Waals surface area (Å²) < 4.78 is 5.18. The Hall–Kier alpha value is -1.82. The van der Waals surface area contributed by atoms with Crippen molar-refractivity contribution in [2.75, 3.05) is 37.4 Å². The Morgan fingerprint density at radius 2 is 2.37 bits per heavy atom. The minimum absolute atomic E-state index is 0.0144. The van der Waals surface area contributed by atoms with Crippen LogP contribution in [0.25, 0.3) is 0 Å². The van der Waals surface area contributed by atoms with E-state index in [0.717, 1.165) is 25.9 Å². The molecular weight excluding hydrogens is 246 g/mol. The van der Waals surface area contributed by atoms with Gasteiger partial charge in [-0.3, -0.25) is 10.1 Å². The van der Waals surface area contributed by atoms with Crippen LogP contribution in [0.5, 0.6) is 0 Å². The maximum Gasteiger partial charge on any atom is 0.315 e. The quantitative estimate of drug-likeness (QED) is 0.512. The van der Waals surface area contributed by atoms with Gasteiger partial charge >= 0.3 is 5.69 Å². The number of hydrogen-bond donors (Lipinski definition) is 1. The number of anilines is 2. The first-order valence-electron chi connectivity index (χ1n) is 6.40. The van der Waals surface area contributed by atoms with Crippen molar-refractivity contribution in [2.45, 2.75) is 12.8 Å². The number of hydrogen-bond acceptors (Lipinski definition) is 5. The molecule has 0 bridgehead atoms. The Labute approximate surface area is 112 Å². The van der Waals surface area contributed by atoms with Crippen LogP contribution in [0.1, 0.15) is 12.8 Å². The molecule has 2 rings (SSSR count). The molecule has 6 nitrogen and oxygen atoms in total. The molecule has 0 saturated carbocycles. The van der Waals surface area contributed by atoms with Crippen molar-refractivity contribution in [3.05, 3.63) is 28.3 Å². The molecule has 1 aliphatic heterocycles. The molecule has 0 spiro atoms. The second kappa shape index (κ2) is 5.88. The van der Waals surface area contributed by atoms with Crippen LogP contribution >= 0.6 is 0 Å². The van der Waals surface area contributed by atoms with Gasteiger partial charge in [0, 0.05) is 20.2 Å². The van der Waals surface area contributed by atoms with E-state index in [-0.39, 0.29) is 11.4 Å². The Balaban J connectivity index is 2.26. The summed E-state index contributed by atoms with van der Waals surface area (Å²) in [4.78, 5) is 12.8. The van der Waals surface area contributed by atoms with Crippen LogP contribution in [0.3, 0.4) is 0 Å². The lowest BCUT2D eigenvalue weighted by Gasteiger charge is -2.33. The summed E-state index contributed by atoms with van der Waals surface area (Å²) >= 11 is 0. The Bertz CT molecular complexity index is 462. The predicted molar refractivity (Wildman–Crippen MR) is 74.3 cm³/mol. The largest absolute Gasteiger partial charge is 0.393 e. The van der Waals surface area contributed by atoms with Gasteiger partial charge in [-0.2, -0.15) is 0 Å². The van der Waals surface area contributed by atoms with Crippen LogP contribution in [0, 0.1) is 16.0 Å². The monoisotopic (exact) mass is 265 g/mol. The summed E-state index contributed by atoms with van der Waals surface area (Å²) in [5.74, 6) is 0.416. The highest BCUT2D eigenvalue weighted by molar-refractivity contribution is 5.75. The fraction of sp³-hybridized carbons (Fsp3) is 0.538. The number of nitrogens with two attached hydrogens (primary N) is 1. The van der Waals surface area contributed by atoms with E-state index in [0.29, 0.717) is 18.2 Å². The first-order chi connectivity index (χ1) is 9.13. The molecule has 1 aliphatic rings. The molecule has 2 N–H and O–H groups in total. The third-order valence-electron chi connectivity index (χ3n) is 3.49. The average molecular weight is 265 g/mol. The molecule has 6 heteroatoms. The van der Waals surface area contributed by atoms with Gasteiger partial charge in [-0.05, 0) is 30.9 Å². The fourth-order valence-corrected chi connectivity index (χ4v) is 2.66. The Kier molecular flexibility index (Phi) is 4.21. The summed E-state index contributed by atoms with van der Waals surface area (Å²) in [7, 11) is 1.68. The molecular formula is C13H19N3O3. The number of para-hydroxylation sites is 1. The third kappa shape index (κ3) is 2.96. The SMILES string of the molecule is COCC1CCCN(c2cccc(N)c2[N+](=O)[O-])C1. The van der Waals surface area contributed by atoms with Gasteiger partial charge in [-0.15, -0.1) is 0 Å². The van der Waals surface area contributed by atoms with Gasteiger partial charge in [0.15, 0.2) is 0 Å². The lowest BCUT2D eigenvalue weighted by molar-refractivity contribution is -0.383. The normalized spacial score (nSPS) is 19.4. The number of benzene rings is 1. The Morgan fingerprint density at radius 1 is 1.58 bits per heavy atom. The molecule has 19 heavy (non-hydrogen) atoms. The number of nitrogens with zero attached hydrogens (tertiary/aromatic N) is 2. The van der Waals surface area contributed by atoms with Gasteiger partial charge in [0.25, 0.3) is 0 Å². The molecule has 1 aromatic carbocycles. The minimum atomic E-state index is -0.398. The van der Waals surface area contributed by atoms with E-state index in [1.807, 2.05) is 4.90 Å². The second-order valence-electron chi connectivity index (χ2n) is 4.88. The average Bonchev–Trinajstić information content (AvgIpc) is 2.38. The fourth-order valence-electron chi connectivity index (χ4n) is 2.66. The molecule has 1 unspecified atom stereocenters. The number of ether oxygens (including phenoxy) is 1. The van der Waals surface area contributed by atoms with Crippen molar-refractivity contribution in [3.8, 4) is 0 Å². The van der Waals surface area contributed by atoms with Crippen LogP contribution in [0.2, 0.25) is 0 Å². The van der Waals surface area contributed by atoms with E-state index in [4.69, 9.17) is 10.5 Å². The van der Waals surface area contributed by atoms with E-state index in [2.05, 4.69) is 0 Å². The molecule has 1 heterocycles. The lowest BCUT2D eigenvalue weighted by Crippen LogP contribution is -2.37. The second-order valence-corrected chi connectivity index (χ2v) is 4.88. The van der Waals surface area contributed by atoms with Crippen LogP contribution in [-0.2, 0) is 4.74 Å². The number of nitro groups is 1. The standard InChI is InChI=1S/C13H19N3O3/c1-19-9-10-4-3-7-15(8-10)12-6-2-5-11(14)13(12)16(17)18/h2,5-6,10H,3-4,7-9,14H2,1H3. The van der Waals surface area contributed by atoms with Gasteiger partial charge in [-0.25, -0.2) is 0 Å². The van der Waals surface area contributed by atoms with Gasteiger partial charge in [-0.1, -0.05) is 6.07 Å². The van der Waals surface area contributed by atoms with Crippen molar-refractivity contribution in [1.82, 2.24) is 0 Å². The maximum atomic E-state index is 11.2. The predicted octanol–water partition coefficient (Wildman–Crippen LogP) is 2.04. The van der Waals surface area contributed by atoms with Crippen molar-refractivity contribution >= 4 is 17.1 Å². The Morgan fingerprint density at radius 3 is 3.05 bits per heavy atom. The van der Waals surface area contributed by atoms with Crippen molar-refractivity contribution < 1.29 is 9.66 Å². The molecule has 1 atom stereocenters. The molecule has 1 aromatic rings. The smallest absolute Gasteiger partial charge is 0.315 e. The molecule has 1 saturated heterocycles. The summed E-state index contributed by atoms with van der Waals surface area (Å²) in [5.41, 5.74) is 6.58. The molecule has 0 aromatic heterocycles. The van der Waals surface area contributed by atoms with Gasteiger partial charge in [0.1, 0.15) is 11.4 Å². The number of nitro benzene ring substituents is 1.